The molecule has 5 heteroatoms. The second-order valence-electron chi connectivity index (χ2n) is 3.04. The van der Waals surface area contributed by atoms with Crippen molar-refractivity contribution < 1.29 is 13.5 Å². The maximum absolute atomic E-state index is 13.3. The topological polar surface area (TPSA) is 35.2 Å². The second kappa shape index (κ2) is 5.32. The number of halogens is 2. The third-order valence-corrected chi connectivity index (χ3v) is 2.33. The van der Waals surface area contributed by atoms with Gasteiger partial charge in [-0.1, -0.05) is 0 Å². The number of hydrogen-bond donors (Lipinski definition) is 2. The summed E-state index contributed by atoms with van der Waals surface area (Å²) in [6.07, 6.45) is 0. The quantitative estimate of drug-likeness (QED) is 0.783. The van der Waals surface area contributed by atoms with E-state index in [0.29, 0.717) is 11.3 Å². The molecule has 0 saturated carbocycles. The summed E-state index contributed by atoms with van der Waals surface area (Å²) in [5.41, 5.74) is 5.98. The van der Waals surface area contributed by atoms with Crippen LogP contribution in [0.1, 0.15) is 18.5 Å². The standard InChI is InChI=1S/C10H13F2NOS/c1-2-14-10-7(11)3-6(4-8(10)12)9(13)5-15/h3-4,9,15H,2,5,13H2,1H3. The Kier molecular flexibility index (Phi) is 4.35. The highest BCUT2D eigenvalue weighted by molar-refractivity contribution is 7.80. The lowest BCUT2D eigenvalue weighted by molar-refractivity contribution is 0.302. The number of ether oxygens (including phenoxy) is 1. The van der Waals surface area contributed by atoms with Crippen molar-refractivity contribution >= 4 is 12.6 Å². The predicted molar refractivity (Wildman–Crippen MR) is 58.3 cm³/mol. The van der Waals surface area contributed by atoms with Gasteiger partial charge in [-0.3, -0.25) is 0 Å². The van der Waals surface area contributed by atoms with E-state index in [9.17, 15) is 8.78 Å². The number of nitrogens with two attached hydrogens (primary N) is 1. The minimum atomic E-state index is -0.732. The number of benzene rings is 1. The Bertz CT molecular complexity index is 323. The molecule has 0 amide bonds. The Morgan fingerprint density at radius 1 is 1.40 bits per heavy atom. The van der Waals surface area contributed by atoms with Crippen molar-refractivity contribution in [3.05, 3.63) is 29.3 Å². The molecule has 1 atom stereocenters. The Labute approximate surface area is 92.8 Å². The van der Waals surface area contributed by atoms with Crippen molar-refractivity contribution in [3.8, 4) is 5.75 Å². The largest absolute Gasteiger partial charge is 0.488 e. The number of rotatable bonds is 4. The maximum atomic E-state index is 13.3. The molecule has 0 radical (unpaired) electrons. The van der Waals surface area contributed by atoms with Crippen LogP contribution in [-0.4, -0.2) is 12.4 Å². The molecule has 0 spiro atoms. The Balaban J connectivity index is 3.07. The van der Waals surface area contributed by atoms with E-state index in [2.05, 4.69) is 12.6 Å². The van der Waals surface area contributed by atoms with E-state index < -0.39 is 17.7 Å². The highest BCUT2D eigenvalue weighted by Crippen LogP contribution is 2.25. The van der Waals surface area contributed by atoms with E-state index in [1.165, 1.54) is 12.1 Å². The Hall–Kier alpha value is -0.810. The molecular weight excluding hydrogens is 220 g/mol. The van der Waals surface area contributed by atoms with Gasteiger partial charge in [-0.15, -0.1) is 0 Å². The lowest BCUT2D eigenvalue weighted by Gasteiger charge is -2.12. The fraction of sp³-hybridized carbons (Fsp3) is 0.400. The van der Waals surface area contributed by atoms with Crippen LogP contribution in [0.25, 0.3) is 0 Å². The van der Waals surface area contributed by atoms with Crippen molar-refractivity contribution in [3.63, 3.8) is 0 Å². The molecule has 15 heavy (non-hydrogen) atoms. The fourth-order valence-corrected chi connectivity index (χ4v) is 1.39. The summed E-state index contributed by atoms with van der Waals surface area (Å²) in [6, 6.07) is 1.87. The summed E-state index contributed by atoms with van der Waals surface area (Å²) >= 11 is 3.96. The molecule has 1 unspecified atom stereocenters. The molecule has 0 aliphatic rings. The van der Waals surface area contributed by atoms with Gasteiger partial charge in [0.1, 0.15) is 0 Å². The zero-order valence-electron chi connectivity index (χ0n) is 8.34. The van der Waals surface area contributed by atoms with Crippen molar-refractivity contribution in [2.45, 2.75) is 13.0 Å². The molecule has 2 N–H and O–H groups in total. The molecule has 1 aromatic rings. The van der Waals surface area contributed by atoms with Gasteiger partial charge in [-0.2, -0.15) is 12.6 Å². The van der Waals surface area contributed by atoms with Crippen LogP contribution in [0.3, 0.4) is 0 Å². The monoisotopic (exact) mass is 233 g/mol. The normalized spacial score (nSPS) is 12.6. The van der Waals surface area contributed by atoms with E-state index in [1.807, 2.05) is 0 Å². The van der Waals surface area contributed by atoms with Gasteiger partial charge in [0.05, 0.1) is 6.61 Å². The Morgan fingerprint density at radius 3 is 2.33 bits per heavy atom. The van der Waals surface area contributed by atoms with Gasteiger partial charge in [-0.25, -0.2) is 8.78 Å². The minimum absolute atomic E-state index is 0.214. The highest BCUT2D eigenvalue weighted by atomic mass is 32.1. The third-order valence-electron chi connectivity index (χ3n) is 1.93. The molecule has 0 saturated heterocycles. The molecule has 0 bridgehead atoms. The average Bonchev–Trinajstić information content (AvgIpc) is 2.22. The first-order chi connectivity index (χ1) is 7.10. The van der Waals surface area contributed by atoms with Gasteiger partial charge in [0.2, 0.25) is 0 Å². The molecule has 84 valence electrons. The van der Waals surface area contributed by atoms with Gasteiger partial charge < -0.3 is 10.5 Å². The van der Waals surface area contributed by atoms with Crippen LogP contribution in [0.2, 0.25) is 0 Å². The summed E-state index contributed by atoms with van der Waals surface area (Å²) in [6.45, 7) is 1.87. The van der Waals surface area contributed by atoms with E-state index in [0.717, 1.165) is 0 Å². The molecule has 1 aromatic carbocycles. The summed E-state index contributed by atoms with van der Waals surface area (Å²) in [4.78, 5) is 0. The number of thiol groups is 1. The predicted octanol–water partition coefficient (Wildman–Crippen LogP) is 2.29. The van der Waals surface area contributed by atoms with Crippen molar-refractivity contribution in [2.75, 3.05) is 12.4 Å². The first-order valence-electron chi connectivity index (χ1n) is 4.58. The van der Waals surface area contributed by atoms with Crippen LogP contribution < -0.4 is 10.5 Å². The van der Waals surface area contributed by atoms with Gasteiger partial charge in [0.15, 0.2) is 17.4 Å². The molecule has 0 aliphatic carbocycles. The summed E-state index contributed by atoms with van der Waals surface area (Å²) in [5.74, 6) is -1.49. The highest BCUT2D eigenvalue weighted by Gasteiger charge is 2.14. The van der Waals surface area contributed by atoms with Gasteiger partial charge in [-0.05, 0) is 24.6 Å². The number of hydrogen-bond acceptors (Lipinski definition) is 3. The van der Waals surface area contributed by atoms with Crippen molar-refractivity contribution in [1.82, 2.24) is 0 Å². The summed E-state index contributed by atoms with van der Waals surface area (Å²) < 4.78 is 31.5. The van der Waals surface area contributed by atoms with Crippen LogP contribution in [0.5, 0.6) is 5.75 Å². The van der Waals surface area contributed by atoms with Crippen LogP contribution >= 0.6 is 12.6 Å². The summed E-state index contributed by atoms with van der Waals surface area (Å²) in [7, 11) is 0. The first kappa shape index (κ1) is 12.3. The lowest BCUT2D eigenvalue weighted by atomic mass is 10.1. The molecule has 1 rings (SSSR count). The fourth-order valence-electron chi connectivity index (χ4n) is 1.18. The minimum Gasteiger partial charge on any atom is -0.488 e. The molecule has 0 aliphatic heterocycles. The molecule has 0 fully saturated rings. The van der Waals surface area contributed by atoms with Crippen LogP contribution in [0.15, 0.2) is 12.1 Å². The van der Waals surface area contributed by atoms with E-state index in [4.69, 9.17) is 10.5 Å². The van der Waals surface area contributed by atoms with Crippen LogP contribution in [0, 0.1) is 11.6 Å². The van der Waals surface area contributed by atoms with Gasteiger partial charge >= 0.3 is 0 Å². The van der Waals surface area contributed by atoms with E-state index in [1.54, 1.807) is 6.92 Å². The first-order valence-corrected chi connectivity index (χ1v) is 5.21. The van der Waals surface area contributed by atoms with E-state index >= 15 is 0 Å². The van der Waals surface area contributed by atoms with Crippen LogP contribution in [-0.2, 0) is 0 Å². The van der Waals surface area contributed by atoms with Crippen molar-refractivity contribution in [1.29, 1.82) is 0 Å². The zero-order valence-corrected chi connectivity index (χ0v) is 9.23. The molecule has 0 heterocycles. The smallest absolute Gasteiger partial charge is 0.190 e. The zero-order chi connectivity index (χ0) is 11.4. The Morgan fingerprint density at radius 2 is 1.93 bits per heavy atom. The molecule has 0 aromatic heterocycles. The SMILES string of the molecule is CCOc1c(F)cc(C(N)CS)cc1F. The molecule has 2 nitrogen and oxygen atoms in total. The van der Waals surface area contributed by atoms with Crippen LogP contribution in [0.4, 0.5) is 8.78 Å². The van der Waals surface area contributed by atoms with E-state index in [-0.39, 0.29) is 12.4 Å². The molecular formula is C10H13F2NOS. The lowest BCUT2D eigenvalue weighted by Crippen LogP contribution is -2.13. The van der Waals surface area contributed by atoms with Gasteiger partial charge in [0.25, 0.3) is 0 Å². The van der Waals surface area contributed by atoms with Gasteiger partial charge in [0, 0.05) is 11.8 Å². The average molecular weight is 233 g/mol. The third kappa shape index (κ3) is 2.82. The maximum Gasteiger partial charge on any atom is 0.190 e. The van der Waals surface area contributed by atoms with Crippen molar-refractivity contribution in [2.24, 2.45) is 5.73 Å². The second-order valence-corrected chi connectivity index (χ2v) is 3.40. The summed E-state index contributed by atoms with van der Waals surface area (Å²) in [5, 5.41) is 0.